The molecule has 1 fully saturated rings. The van der Waals surface area contributed by atoms with Crippen LogP contribution in [0.25, 0.3) is 0 Å². The lowest BCUT2D eigenvalue weighted by molar-refractivity contribution is 0.207. The number of hydrogen-bond acceptors (Lipinski definition) is 1. The van der Waals surface area contributed by atoms with Crippen LogP contribution in [-0.4, -0.2) is 5.54 Å². The summed E-state index contributed by atoms with van der Waals surface area (Å²) in [4.78, 5) is 0. The van der Waals surface area contributed by atoms with Gasteiger partial charge in [0.1, 0.15) is 0 Å². The lowest BCUT2D eigenvalue weighted by Gasteiger charge is -2.39. The van der Waals surface area contributed by atoms with Gasteiger partial charge in [0.05, 0.1) is 0 Å². The predicted molar refractivity (Wildman–Crippen MR) is 74.1 cm³/mol. The highest BCUT2D eigenvalue weighted by Crippen LogP contribution is 2.31. The molecule has 1 N–H and O–H groups in total. The molecule has 0 bridgehead atoms. The fourth-order valence-corrected chi connectivity index (χ4v) is 2.46. The molecule has 1 aliphatic carbocycles. The van der Waals surface area contributed by atoms with Gasteiger partial charge < -0.3 is 5.32 Å². The summed E-state index contributed by atoms with van der Waals surface area (Å²) in [6.07, 6.45) is 5.24. The zero-order valence-corrected chi connectivity index (χ0v) is 11.4. The fourth-order valence-electron chi connectivity index (χ4n) is 2.46. The molecule has 0 radical (unpaired) electrons. The van der Waals surface area contributed by atoms with Gasteiger partial charge in [-0.2, -0.15) is 0 Å². The lowest BCUT2D eigenvalue weighted by Crippen LogP contribution is -2.47. The molecular formula is C16H25N. The van der Waals surface area contributed by atoms with E-state index in [0.29, 0.717) is 5.54 Å². The van der Waals surface area contributed by atoms with Crippen molar-refractivity contribution in [3.05, 3.63) is 35.4 Å². The van der Waals surface area contributed by atoms with Crippen molar-refractivity contribution in [3.63, 3.8) is 0 Å². The Kier molecular flexibility index (Phi) is 3.88. The van der Waals surface area contributed by atoms with Crippen LogP contribution in [-0.2, 0) is 13.0 Å². The van der Waals surface area contributed by atoms with Gasteiger partial charge in [0.15, 0.2) is 0 Å². The van der Waals surface area contributed by atoms with Gasteiger partial charge in [-0.25, -0.2) is 0 Å². The van der Waals surface area contributed by atoms with Crippen molar-refractivity contribution in [2.75, 3.05) is 0 Å². The highest BCUT2D eigenvalue weighted by molar-refractivity contribution is 5.23. The van der Waals surface area contributed by atoms with Crippen LogP contribution in [0.4, 0.5) is 0 Å². The molecule has 0 amide bonds. The molecular weight excluding hydrogens is 206 g/mol. The van der Waals surface area contributed by atoms with Crippen LogP contribution >= 0.6 is 0 Å². The number of benzene rings is 1. The van der Waals surface area contributed by atoms with Gasteiger partial charge in [0, 0.05) is 12.1 Å². The molecule has 0 aromatic heterocycles. The summed E-state index contributed by atoms with van der Waals surface area (Å²) in [5.74, 6) is 0.743. The molecule has 17 heavy (non-hydrogen) atoms. The van der Waals surface area contributed by atoms with Crippen molar-refractivity contribution in [2.45, 2.75) is 58.5 Å². The first kappa shape index (κ1) is 12.6. The van der Waals surface area contributed by atoms with Crippen LogP contribution in [0.3, 0.4) is 0 Å². The predicted octanol–water partition coefficient (Wildman–Crippen LogP) is 3.92. The summed E-state index contributed by atoms with van der Waals surface area (Å²) in [7, 11) is 0. The summed E-state index contributed by atoms with van der Waals surface area (Å²) in [5.41, 5.74) is 3.28. The van der Waals surface area contributed by atoms with E-state index in [9.17, 15) is 0 Å². The second kappa shape index (κ2) is 5.22. The highest BCUT2D eigenvalue weighted by Gasteiger charge is 2.30. The Morgan fingerprint density at radius 2 is 1.71 bits per heavy atom. The van der Waals surface area contributed by atoms with Crippen LogP contribution in [0, 0.1) is 5.92 Å². The van der Waals surface area contributed by atoms with Crippen LogP contribution in [0.1, 0.15) is 51.2 Å². The second-order valence-electron chi connectivity index (χ2n) is 6.18. The molecule has 0 aliphatic heterocycles. The molecule has 1 nitrogen and oxygen atoms in total. The Hall–Kier alpha value is -0.820. The molecule has 1 aliphatic rings. The van der Waals surface area contributed by atoms with Gasteiger partial charge >= 0.3 is 0 Å². The van der Waals surface area contributed by atoms with E-state index in [0.717, 1.165) is 12.5 Å². The summed E-state index contributed by atoms with van der Waals surface area (Å²) in [6, 6.07) is 9.10. The van der Waals surface area contributed by atoms with Crippen LogP contribution in [0.5, 0.6) is 0 Å². The standard InChI is InChI=1S/C16H25N/c1-13(2)11-14-5-7-15(8-6-14)12-17-16(3)9-4-10-16/h5-8,13,17H,4,9-12H2,1-3H3. The molecule has 0 spiro atoms. The summed E-state index contributed by atoms with van der Waals surface area (Å²) < 4.78 is 0. The summed E-state index contributed by atoms with van der Waals surface area (Å²) in [6.45, 7) is 7.89. The van der Waals surface area contributed by atoms with E-state index in [1.54, 1.807) is 0 Å². The summed E-state index contributed by atoms with van der Waals surface area (Å²) in [5, 5.41) is 3.67. The van der Waals surface area contributed by atoms with Crippen molar-refractivity contribution >= 4 is 0 Å². The Morgan fingerprint density at radius 3 is 2.18 bits per heavy atom. The zero-order valence-electron chi connectivity index (χ0n) is 11.4. The molecule has 0 saturated heterocycles. The van der Waals surface area contributed by atoms with Gasteiger partial charge in [-0.05, 0) is 49.7 Å². The number of rotatable bonds is 5. The van der Waals surface area contributed by atoms with Gasteiger partial charge in [-0.15, -0.1) is 0 Å². The molecule has 2 rings (SSSR count). The first-order valence-corrected chi connectivity index (χ1v) is 6.90. The number of nitrogens with one attached hydrogen (secondary N) is 1. The van der Waals surface area contributed by atoms with E-state index < -0.39 is 0 Å². The van der Waals surface area contributed by atoms with Gasteiger partial charge in [0.2, 0.25) is 0 Å². The molecule has 1 aromatic carbocycles. The molecule has 1 aromatic rings. The maximum Gasteiger partial charge on any atom is 0.0210 e. The number of hydrogen-bond donors (Lipinski definition) is 1. The van der Waals surface area contributed by atoms with Crippen LogP contribution < -0.4 is 5.32 Å². The maximum atomic E-state index is 3.67. The SMILES string of the molecule is CC(C)Cc1ccc(CNC2(C)CCC2)cc1. The molecule has 1 heteroatoms. The van der Waals surface area contributed by atoms with Crippen molar-refractivity contribution in [1.82, 2.24) is 5.32 Å². The van der Waals surface area contributed by atoms with Crippen molar-refractivity contribution in [2.24, 2.45) is 5.92 Å². The minimum absolute atomic E-state index is 0.413. The average Bonchev–Trinajstić information content (AvgIpc) is 2.25. The quantitative estimate of drug-likeness (QED) is 0.810. The smallest absolute Gasteiger partial charge is 0.0210 e. The topological polar surface area (TPSA) is 12.0 Å². The Bertz CT molecular complexity index is 346. The normalized spacial score (nSPS) is 18.1. The van der Waals surface area contributed by atoms with Crippen LogP contribution in [0.15, 0.2) is 24.3 Å². The van der Waals surface area contributed by atoms with E-state index in [1.807, 2.05) is 0 Å². The van der Waals surface area contributed by atoms with Crippen molar-refractivity contribution in [3.8, 4) is 0 Å². The third kappa shape index (κ3) is 3.57. The Morgan fingerprint density at radius 1 is 1.12 bits per heavy atom. The van der Waals surface area contributed by atoms with Gasteiger partial charge in [0.25, 0.3) is 0 Å². The largest absolute Gasteiger partial charge is 0.307 e. The molecule has 94 valence electrons. The Labute approximate surface area is 106 Å². The lowest BCUT2D eigenvalue weighted by atomic mass is 9.78. The minimum Gasteiger partial charge on any atom is -0.307 e. The van der Waals surface area contributed by atoms with E-state index in [1.165, 1.54) is 36.8 Å². The Balaban J connectivity index is 1.85. The minimum atomic E-state index is 0.413. The maximum absolute atomic E-state index is 3.67. The van der Waals surface area contributed by atoms with Crippen molar-refractivity contribution < 1.29 is 0 Å². The third-order valence-electron chi connectivity index (χ3n) is 3.84. The van der Waals surface area contributed by atoms with Crippen molar-refractivity contribution in [1.29, 1.82) is 0 Å². The van der Waals surface area contributed by atoms with E-state index in [-0.39, 0.29) is 0 Å². The molecule has 1 saturated carbocycles. The first-order chi connectivity index (χ1) is 8.07. The average molecular weight is 231 g/mol. The molecule has 0 heterocycles. The zero-order chi connectivity index (χ0) is 12.3. The van der Waals surface area contributed by atoms with E-state index in [2.05, 4.69) is 50.4 Å². The van der Waals surface area contributed by atoms with Gasteiger partial charge in [-0.1, -0.05) is 38.1 Å². The van der Waals surface area contributed by atoms with E-state index in [4.69, 9.17) is 0 Å². The second-order valence-corrected chi connectivity index (χ2v) is 6.18. The van der Waals surface area contributed by atoms with Crippen LogP contribution in [0.2, 0.25) is 0 Å². The third-order valence-corrected chi connectivity index (χ3v) is 3.84. The van der Waals surface area contributed by atoms with Gasteiger partial charge in [-0.3, -0.25) is 0 Å². The molecule has 0 atom stereocenters. The molecule has 0 unspecified atom stereocenters. The first-order valence-electron chi connectivity index (χ1n) is 6.90. The monoisotopic (exact) mass is 231 g/mol. The van der Waals surface area contributed by atoms with E-state index >= 15 is 0 Å². The fraction of sp³-hybridized carbons (Fsp3) is 0.625. The summed E-state index contributed by atoms with van der Waals surface area (Å²) >= 11 is 0. The highest BCUT2D eigenvalue weighted by atomic mass is 15.0.